The van der Waals surface area contributed by atoms with E-state index in [0.29, 0.717) is 11.6 Å². The molecule has 22 heavy (non-hydrogen) atoms. The minimum Gasteiger partial charge on any atom is -0.465 e. The van der Waals surface area contributed by atoms with Crippen LogP contribution < -0.4 is 0 Å². The summed E-state index contributed by atoms with van der Waals surface area (Å²) in [7, 11) is 0. The maximum Gasteiger partial charge on any atom is 0.308 e. The average molecular weight is 340 g/mol. The van der Waals surface area contributed by atoms with Crippen LogP contribution >= 0.6 is 23.2 Å². The third-order valence-corrected chi connectivity index (χ3v) is 3.26. The highest BCUT2D eigenvalue weighted by Gasteiger charge is 2.17. The van der Waals surface area contributed by atoms with Crippen molar-refractivity contribution in [2.75, 3.05) is 6.61 Å². The Balaban J connectivity index is 0.000000166. The third-order valence-electron chi connectivity index (χ3n) is 2.79. The highest BCUT2D eigenvalue weighted by Crippen LogP contribution is 2.12. The molecule has 0 spiro atoms. The lowest BCUT2D eigenvalue weighted by Gasteiger charge is -2.15. The minimum absolute atomic E-state index is 0.0312. The molecule has 1 aliphatic rings. The van der Waals surface area contributed by atoms with E-state index in [-0.39, 0.29) is 11.9 Å². The van der Waals surface area contributed by atoms with Crippen LogP contribution in [0.4, 0.5) is 0 Å². The fourth-order valence-corrected chi connectivity index (χ4v) is 1.85. The zero-order chi connectivity index (χ0) is 16.2. The number of carbonyl (C=O) groups is 1. The SMILES string of the molecule is CC1CCCOC1=O.Clc1ccccc1.Clc1cccnc1. The summed E-state index contributed by atoms with van der Waals surface area (Å²) in [6.07, 6.45) is 5.32. The second-order valence-corrected chi connectivity index (χ2v) is 5.55. The lowest BCUT2D eigenvalue weighted by molar-refractivity contribution is -0.151. The number of aromatic nitrogens is 1. The molecule has 3 nitrogen and oxygen atoms in total. The molecule has 0 N–H and O–H groups in total. The van der Waals surface area contributed by atoms with Gasteiger partial charge in [0, 0.05) is 17.4 Å². The van der Waals surface area contributed by atoms with Crippen molar-refractivity contribution in [2.45, 2.75) is 19.8 Å². The zero-order valence-corrected chi connectivity index (χ0v) is 13.9. The third kappa shape index (κ3) is 8.65. The van der Waals surface area contributed by atoms with Crippen LogP contribution in [0.3, 0.4) is 0 Å². The molecule has 1 saturated heterocycles. The fraction of sp³-hybridized carbons (Fsp3) is 0.294. The molecule has 1 atom stereocenters. The molecule has 0 radical (unpaired) electrons. The summed E-state index contributed by atoms with van der Waals surface area (Å²) in [4.78, 5) is 14.3. The van der Waals surface area contributed by atoms with Gasteiger partial charge in [-0.2, -0.15) is 0 Å². The number of hydrogen-bond donors (Lipinski definition) is 0. The topological polar surface area (TPSA) is 39.2 Å². The molecule has 118 valence electrons. The fourth-order valence-electron chi connectivity index (χ4n) is 1.58. The van der Waals surface area contributed by atoms with Gasteiger partial charge < -0.3 is 4.74 Å². The number of pyridine rings is 1. The van der Waals surface area contributed by atoms with Crippen LogP contribution in [0.1, 0.15) is 19.8 Å². The first-order valence-electron chi connectivity index (χ1n) is 7.02. The van der Waals surface area contributed by atoms with Crippen LogP contribution in [0.2, 0.25) is 10.0 Å². The number of hydrogen-bond acceptors (Lipinski definition) is 3. The van der Waals surface area contributed by atoms with Gasteiger partial charge in [0.15, 0.2) is 0 Å². The van der Waals surface area contributed by atoms with Crippen LogP contribution in [0.5, 0.6) is 0 Å². The normalized spacial score (nSPS) is 16.3. The lowest BCUT2D eigenvalue weighted by Crippen LogP contribution is -2.20. The van der Waals surface area contributed by atoms with E-state index in [2.05, 4.69) is 4.98 Å². The zero-order valence-electron chi connectivity index (χ0n) is 12.4. The van der Waals surface area contributed by atoms with Crippen LogP contribution in [0, 0.1) is 5.92 Å². The van der Waals surface area contributed by atoms with Gasteiger partial charge in [0.25, 0.3) is 0 Å². The molecular formula is C17H19Cl2NO2. The molecule has 5 heteroatoms. The number of nitrogens with zero attached hydrogens (tertiary/aromatic N) is 1. The maximum absolute atomic E-state index is 10.6. The molecule has 2 aromatic rings. The molecular weight excluding hydrogens is 321 g/mol. The number of esters is 1. The Morgan fingerprint density at radius 2 is 1.77 bits per heavy atom. The van der Waals surface area contributed by atoms with E-state index in [4.69, 9.17) is 27.9 Å². The Kier molecular flexibility index (Phi) is 9.28. The van der Waals surface area contributed by atoms with Crippen molar-refractivity contribution < 1.29 is 9.53 Å². The molecule has 2 heterocycles. The van der Waals surface area contributed by atoms with Crippen LogP contribution in [0.25, 0.3) is 0 Å². The van der Waals surface area contributed by atoms with Crippen molar-refractivity contribution in [3.8, 4) is 0 Å². The van der Waals surface area contributed by atoms with Crippen molar-refractivity contribution in [1.29, 1.82) is 0 Å². The smallest absolute Gasteiger partial charge is 0.308 e. The van der Waals surface area contributed by atoms with E-state index in [9.17, 15) is 4.79 Å². The molecule has 0 bridgehead atoms. The first kappa shape index (κ1) is 18.5. The van der Waals surface area contributed by atoms with Gasteiger partial charge >= 0.3 is 5.97 Å². The van der Waals surface area contributed by atoms with Crippen molar-refractivity contribution >= 4 is 29.2 Å². The maximum atomic E-state index is 10.6. The number of ether oxygens (including phenoxy) is 1. The molecule has 1 aromatic carbocycles. The Morgan fingerprint density at radius 3 is 2.09 bits per heavy atom. The van der Waals surface area contributed by atoms with E-state index in [1.165, 1.54) is 0 Å². The molecule has 0 amide bonds. The van der Waals surface area contributed by atoms with E-state index in [1.807, 2.05) is 37.3 Å². The Bertz CT molecular complexity index is 497. The number of cyclic esters (lactones) is 1. The van der Waals surface area contributed by atoms with Gasteiger partial charge in [-0.1, -0.05) is 48.3 Å². The number of benzene rings is 1. The van der Waals surface area contributed by atoms with Gasteiger partial charge in [-0.15, -0.1) is 0 Å². The molecule has 1 unspecified atom stereocenters. The summed E-state index contributed by atoms with van der Waals surface area (Å²) in [6.45, 7) is 2.53. The van der Waals surface area contributed by atoms with Gasteiger partial charge in [-0.05, 0) is 37.1 Å². The van der Waals surface area contributed by atoms with E-state index in [0.717, 1.165) is 17.9 Å². The summed E-state index contributed by atoms with van der Waals surface area (Å²) in [5.74, 6) is 0.111. The average Bonchev–Trinajstić information content (AvgIpc) is 2.53. The predicted molar refractivity (Wildman–Crippen MR) is 90.1 cm³/mol. The highest BCUT2D eigenvalue weighted by atomic mass is 35.5. The van der Waals surface area contributed by atoms with Crippen molar-refractivity contribution in [2.24, 2.45) is 5.92 Å². The molecule has 1 aliphatic heterocycles. The Hall–Kier alpha value is -1.58. The summed E-state index contributed by atoms with van der Waals surface area (Å²) < 4.78 is 4.75. The summed E-state index contributed by atoms with van der Waals surface area (Å²) in [6, 6.07) is 13.0. The van der Waals surface area contributed by atoms with Crippen molar-refractivity contribution in [3.05, 3.63) is 64.9 Å². The molecule has 1 aromatic heterocycles. The second-order valence-electron chi connectivity index (χ2n) is 4.68. The summed E-state index contributed by atoms with van der Waals surface area (Å²) in [5, 5.41) is 1.48. The van der Waals surface area contributed by atoms with E-state index < -0.39 is 0 Å². The van der Waals surface area contributed by atoms with Crippen molar-refractivity contribution in [1.82, 2.24) is 4.98 Å². The van der Waals surface area contributed by atoms with Gasteiger partial charge in [-0.3, -0.25) is 9.78 Å². The Labute approximate surface area is 141 Å². The number of rotatable bonds is 0. The summed E-state index contributed by atoms with van der Waals surface area (Å²) in [5.41, 5.74) is 0. The lowest BCUT2D eigenvalue weighted by atomic mass is 10.0. The van der Waals surface area contributed by atoms with E-state index in [1.54, 1.807) is 24.5 Å². The minimum atomic E-state index is -0.0312. The number of halogens is 2. The van der Waals surface area contributed by atoms with Crippen LogP contribution in [-0.4, -0.2) is 17.6 Å². The first-order chi connectivity index (χ1) is 10.6. The van der Waals surface area contributed by atoms with E-state index >= 15 is 0 Å². The van der Waals surface area contributed by atoms with Gasteiger partial charge in [0.1, 0.15) is 0 Å². The summed E-state index contributed by atoms with van der Waals surface area (Å²) >= 11 is 11.0. The second kappa shape index (κ2) is 11.0. The van der Waals surface area contributed by atoms with Crippen LogP contribution in [0.15, 0.2) is 54.9 Å². The largest absolute Gasteiger partial charge is 0.465 e. The van der Waals surface area contributed by atoms with Crippen LogP contribution in [-0.2, 0) is 9.53 Å². The first-order valence-corrected chi connectivity index (χ1v) is 7.78. The molecule has 3 rings (SSSR count). The van der Waals surface area contributed by atoms with Crippen molar-refractivity contribution in [3.63, 3.8) is 0 Å². The van der Waals surface area contributed by atoms with Gasteiger partial charge in [0.05, 0.1) is 17.5 Å². The standard InChI is InChI=1S/C6H5Cl.C6H10O2.C5H4ClN/c7-6-4-2-1-3-5-6;1-5-3-2-4-8-6(5)7;6-5-2-1-3-7-4-5/h1-5H;5H,2-4H2,1H3;1-4H. The molecule has 0 saturated carbocycles. The highest BCUT2D eigenvalue weighted by molar-refractivity contribution is 6.30. The number of carbonyl (C=O) groups excluding carboxylic acids is 1. The molecule has 1 fully saturated rings. The Morgan fingerprint density at radius 1 is 1.09 bits per heavy atom. The monoisotopic (exact) mass is 339 g/mol. The van der Waals surface area contributed by atoms with Gasteiger partial charge in [-0.25, -0.2) is 0 Å². The van der Waals surface area contributed by atoms with Gasteiger partial charge in [0.2, 0.25) is 0 Å². The predicted octanol–water partition coefficient (Wildman–Crippen LogP) is 5.03. The quantitative estimate of drug-likeness (QED) is 0.631. The molecule has 0 aliphatic carbocycles.